The van der Waals surface area contributed by atoms with Crippen LogP contribution in [0.25, 0.3) is 0 Å². The Balaban J connectivity index is 2.22. The first-order valence-electron chi connectivity index (χ1n) is 13.2. The minimum absolute atomic E-state index is 0.0153. The van der Waals surface area contributed by atoms with Crippen LogP contribution in [0.3, 0.4) is 0 Å². The normalized spacial score (nSPS) is 14.1. The summed E-state index contributed by atoms with van der Waals surface area (Å²) in [5.74, 6) is -0.831. The molecule has 0 saturated carbocycles. The topological polar surface area (TPSA) is 73.9 Å². The van der Waals surface area contributed by atoms with Crippen molar-refractivity contribution >= 4 is 20.4 Å². The number of nitrogens with one attached hydrogen (secondary N) is 1. The molecule has 1 N–H and O–H groups in total. The number of benzene rings is 2. The van der Waals surface area contributed by atoms with Crippen LogP contribution in [0.4, 0.5) is 4.79 Å². The molecule has 0 aliphatic rings. The van der Waals surface area contributed by atoms with E-state index in [9.17, 15) is 9.59 Å². The molecule has 6 nitrogen and oxygen atoms in total. The second-order valence-electron chi connectivity index (χ2n) is 12.1. The molecule has 0 fully saturated rings. The minimum atomic E-state index is -2.08. The summed E-state index contributed by atoms with van der Waals surface area (Å²) in [6.07, 6.45) is 3.59. The van der Waals surface area contributed by atoms with Crippen LogP contribution in [0.5, 0.6) is 0 Å². The number of carbonyl (C=O) groups is 2. The number of rotatable bonds is 11. The van der Waals surface area contributed by atoms with Crippen molar-refractivity contribution in [3.63, 3.8) is 0 Å². The average Bonchev–Trinajstić information content (AvgIpc) is 2.83. The number of hydrogen-bond donors (Lipinski definition) is 1. The van der Waals surface area contributed by atoms with Crippen LogP contribution in [-0.4, -0.2) is 38.6 Å². The van der Waals surface area contributed by atoms with Gasteiger partial charge in [-0.3, -0.25) is 4.79 Å². The molecule has 0 saturated heterocycles. The average molecular weight is 540 g/mol. The van der Waals surface area contributed by atoms with Crippen molar-refractivity contribution in [3.8, 4) is 0 Å². The van der Waals surface area contributed by atoms with Crippen LogP contribution < -0.4 is 5.32 Å². The van der Waals surface area contributed by atoms with Crippen molar-refractivity contribution in [3.05, 3.63) is 83.9 Å². The number of amides is 1. The van der Waals surface area contributed by atoms with Gasteiger partial charge in [-0.25, -0.2) is 4.79 Å². The van der Waals surface area contributed by atoms with Crippen LogP contribution in [0.2, 0.25) is 18.1 Å². The number of ether oxygens (including phenoxy) is 2. The zero-order chi connectivity index (χ0) is 28.4. The van der Waals surface area contributed by atoms with E-state index in [2.05, 4.69) is 39.2 Å². The van der Waals surface area contributed by atoms with Gasteiger partial charge in [0.1, 0.15) is 12.2 Å². The molecule has 208 valence electrons. The molecule has 0 radical (unpaired) electrons. The summed E-state index contributed by atoms with van der Waals surface area (Å²) in [6, 6.07) is 18.9. The van der Waals surface area contributed by atoms with Gasteiger partial charge in [-0.1, -0.05) is 93.6 Å². The van der Waals surface area contributed by atoms with Gasteiger partial charge in [-0.15, -0.1) is 0 Å². The van der Waals surface area contributed by atoms with E-state index in [1.165, 1.54) is 0 Å². The highest BCUT2D eigenvalue weighted by Gasteiger charge is 2.37. The summed E-state index contributed by atoms with van der Waals surface area (Å²) in [7, 11) is -2.08. The largest absolute Gasteiger partial charge is 0.460 e. The lowest BCUT2D eigenvalue weighted by molar-refractivity contribution is -0.158. The van der Waals surface area contributed by atoms with Crippen LogP contribution in [0, 0.1) is 5.92 Å². The number of alkyl carbamates (subject to hydrolysis) is 1. The van der Waals surface area contributed by atoms with Gasteiger partial charge in [-0.2, -0.15) is 0 Å². The third-order valence-corrected chi connectivity index (χ3v) is 11.0. The van der Waals surface area contributed by atoms with Crippen LogP contribution in [0.15, 0.2) is 72.8 Å². The Hall–Kier alpha value is -2.90. The van der Waals surface area contributed by atoms with E-state index >= 15 is 0 Å². The molecule has 0 bridgehead atoms. The molecule has 1 amide bonds. The molecule has 0 aliphatic carbocycles. The second kappa shape index (κ2) is 13.8. The number of hydrogen-bond acceptors (Lipinski definition) is 5. The first kappa shape index (κ1) is 31.3. The maximum Gasteiger partial charge on any atom is 0.408 e. The number of carbonyl (C=O) groups excluding carboxylic acids is 2. The lowest BCUT2D eigenvalue weighted by Crippen LogP contribution is -2.46. The van der Waals surface area contributed by atoms with Gasteiger partial charge in [0.25, 0.3) is 0 Å². The molecule has 0 aliphatic heterocycles. The van der Waals surface area contributed by atoms with Gasteiger partial charge >= 0.3 is 12.1 Å². The van der Waals surface area contributed by atoms with Gasteiger partial charge in [0, 0.05) is 0 Å². The Morgan fingerprint density at radius 1 is 0.868 bits per heavy atom. The third kappa shape index (κ3) is 11.2. The van der Waals surface area contributed by atoms with E-state index in [0.717, 1.165) is 11.1 Å². The van der Waals surface area contributed by atoms with Crippen molar-refractivity contribution in [2.24, 2.45) is 5.92 Å². The Kier molecular flexibility index (Phi) is 11.3. The fraction of sp³-hybridized carbons (Fsp3) is 0.484. The van der Waals surface area contributed by atoms with E-state index < -0.39 is 32.0 Å². The first-order valence-corrected chi connectivity index (χ1v) is 16.1. The zero-order valence-corrected chi connectivity index (χ0v) is 25.2. The van der Waals surface area contributed by atoms with Crippen molar-refractivity contribution < 1.29 is 23.5 Å². The van der Waals surface area contributed by atoms with E-state index in [-0.39, 0.29) is 24.2 Å². The molecule has 2 rings (SSSR count). The Bertz CT molecular complexity index is 1040. The maximum atomic E-state index is 13.1. The molecule has 2 aromatic carbocycles. The van der Waals surface area contributed by atoms with E-state index in [0.29, 0.717) is 6.42 Å². The van der Waals surface area contributed by atoms with Crippen molar-refractivity contribution in [1.29, 1.82) is 0 Å². The molecule has 38 heavy (non-hydrogen) atoms. The van der Waals surface area contributed by atoms with Gasteiger partial charge in [0.2, 0.25) is 0 Å². The second-order valence-corrected chi connectivity index (χ2v) is 16.9. The predicted molar refractivity (Wildman–Crippen MR) is 155 cm³/mol. The highest BCUT2D eigenvalue weighted by atomic mass is 28.4. The summed E-state index contributed by atoms with van der Waals surface area (Å²) in [6.45, 7) is 16.9. The van der Waals surface area contributed by atoms with Crippen molar-refractivity contribution in [2.45, 2.75) is 84.3 Å². The lowest BCUT2D eigenvalue weighted by atomic mass is 9.97. The SMILES string of the molecule is CC(C)(C)OC(=O)[C@@H](/C=C/[C@@H](CO[Si](C)(C)C(C)(C)C)NC(=O)OCc1ccccc1)Cc1ccccc1. The molecule has 0 aromatic heterocycles. The van der Waals surface area contributed by atoms with Crippen molar-refractivity contribution in [2.75, 3.05) is 6.61 Å². The van der Waals surface area contributed by atoms with Gasteiger partial charge < -0.3 is 19.2 Å². The van der Waals surface area contributed by atoms with Crippen LogP contribution in [0.1, 0.15) is 52.7 Å². The Morgan fingerprint density at radius 3 is 1.95 bits per heavy atom. The van der Waals surface area contributed by atoms with Gasteiger partial charge in [-0.05, 0) is 56.5 Å². The lowest BCUT2D eigenvalue weighted by Gasteiger charge is -2.37. The molecular weight excluding hydrogens is 494 g/mol. The summed E-state index contributed by atoms with van der Waals surface area (Å²) in [5, 5.41) is 2.93. The van der Waals surface area contributed by atoms with E-state index in [4.69, 9.17) is 13.9 Å². The van der Waals surface area contributed by atoms with Gasteiger partial charge in [0.05, 0.1) is 18.6 Å². The Labute approximate surface area is 229 Å². The monoisotopic (exact) mass is 539 g/mol. The summed E-state index contributed by atoms with van der Waals surface area (Å²) in [4.78, 5) is 25.8. The molecular formula is C31H45NO5Si. The van der Waals surface area contributed by atoms with E-state index in [1.807, 2.05) is 93.6 Å². The van der Waals surface area contributed by atoms with Crippen LogP contribution >= 0.6 is 0 Å². The standard InChI is InChI=1S/C31H45NO5Si/c1-30(2,3)37-28(33)26(21-24-15-11-9-12-16-24)19-20-27(23-36-38(7,8)31(4,5)6)32-29(34)35-22-25-17-13-10-14-18-25/h9-20,26-27H,21-23H2,1-8H3,(H,32,34)/b20-19+/t26-,27-/m0/s1. The molecule has 2 aromatic rings. The first-order chi connectivity index (χ1) is 17.7. The summed E-state index contributed by atoms with van der Waals surface area (Å²) >= 11 is 0. The van der Waals surface area contributed by atoms with E-state index in [1.54, 1.807) is 0 Å². The highest BCUT2D eigenvalue weighted by molar-refractivity contribution is 6.74. The van der Waals surface area contributed by atoms with Crippen molar-refractivity contribution in [1.82, 2.24) is 5.32 Å². The molecule has 0 spiro atoms. The highest BCUT2D eigenvalue weighted by Crippen LogP contribution is 2.36. The molecule has 0 unspecified atom stereocenters. The third-order valence-electron chi connectivity index (χ3n) is 6.53. The molecule has 2 atom stereocenters. The zero-order valence-electron chi connectivity index (χ0n) is 24.2. The smallest absolute Gasteiger partial charge is 0.408 e. The number of esters is 1. The van der Waals surface area contributed by atoms with Crippen LogP contribution in [-0.2, 0) is 31.7 Å². The fourth-order valence-electron chi connectivity index (χ4n) is 3.32. The Morgan fingerprint density at radius 2 is 1.42 bits per heavy atom. The maximum absolute atomic E-state index is 13.1. The fourth-order valence-corrected chi connectivity index (χ4v) is 4.35. The van der Waals surface area contributed by atoms with Gasteiger partial charge in [0.15, 0.2) is 8.32 Å². The summed E-state index contributed by atoms with van der Waals surface area (Å²) in [5.41, 5.74) is 1.32. The molecule has 7 heteroatoms. The predicted octanol–water partition coefficient (Wildman–Crippen LogP) is 7.06. The quantitative estimate of drug-likeness (QED) is 0.188. The minimum Gasteiger partial charge on any atom is -0.460 e. The summed E-state index contributed by atoms with van der Waals surface area (Å²) < 4.78 is 17.6. The molecule has 0 heterocycles.